The van der Waals surface area contributed by atoms with Gasteiger partial charge < -0.3 is 0 Å². The molecule has 0 aliphatic rings. The van der Waals surface area contributed by atoms with Crippen molar-refractivity contribution in [2.24, 2.45) is 0 Å². The third kappa shape index (κ3) is 4.19. The zero-order valence-corrected chi connectivity index (χ0v) is 29.7. The summed E-state index contributed by atoms with van der Waals surface area (Å²) in [7, 11) is 10.6. The summed E-state index contributed by atoms with van der Waals surface area (Å²) in [5.41, 5.74) is -8.21. The molecule has 6 rings (SSSR count). The Morgan fingerprint density at radius 2 is 0.489 bits per heavy atom. The van der Waals surface area contributed by atoms with Gasteiger partial charge in [-0.2, -0.15) is 0 Å². The maximum absolute atomic E-state index is 15.1. The summed E-state index contributed by atoms with van der Waals surface area (Å²) in [5.74, 6) is 0. The molecular weight excluding hydrogens is 722 g/mol. The summed E-state index contributed by atoms with van der Waals surface area (Å²) in [6.45, 7) is 0. The molecule has 0 bridgehead atoms. The van der Waals surface area contributed by atoms with Crippen LogP contribution in [0.1, 0.15) is 0 Å². The molecule has 6 aromatic carbocycles. The molecule has 230 valence electrons. The molecular formula is C38H34Cl2O2P2Ru. The Morgan fingerprint density at radius 1 is 0.333 bits per heavy atom. The third-order valence-corrected chi connectivity index (χ3v) is 74.8. The molecule has 0 atom stereocenters. The molecule has 0 aromatic heterocycles. The quantitative estimate of drug-likeness (QED) is 0.0844. The van der Waals surface area contributed by atoms with Crippen LogP contribution >= 0.6 is 30.6 Å². The van der Waals surface area contributed by atoms with Crippen molar-refractivity contribution in [3.8, 4) is 0 Å². The minimum absolute atomic E-state index is 0.788. The van der Waals surface area contributed by atoms with Crippen LogP contribution in [0.2, 0.25) is 0 Å². The summed E-state index contributed by atoms with van der Waals surface area (Å²) in [6.07, 6.45) is 0. The fourth-order valence-corrected chi connectivity index (χ4v) is 84.7. The van der Waals surface area contributed by atoms with Crippen LogP contribution in [0.15, 0.2) is 182 Å². The normalized spacial score (nSPS) is 14.4. The Morgan fingerprint density at radius 3 is 0.622 bits per heavy atom. The van der Waals surface area contributed by atoms with Crippen LogP contribution in [0.5, 0.6) is 0 Å². The van der Waals surface area contributed by atoms with E-state index in [1.807, 2.05) is 182 Å². The van der Waals surface area contributed by atoms with Crippen LogP contribution in [0.4, 0.5) is 0 Å². The molecule has 0 N–H and O–H groups in total. The summed E-state index contributed by atoms with van der Waals surface area (Å²) in [5, 5.41) is 4.86. The van der Waals surface area contributed by atoms with Crippen LogP contribution in [0.3, 0.4) is 0 Å². The fraction of sp³-hybridized carbons (Fsp3) is 0. The molecule has 45 heavy (non-hydrogen) atoms. The Labute approximate surface area is 271 Å². The van der Waals surface area contributed by atoms with Crippen molar-refractivity contribution in [2.45, 2.75) is 0 Å². The average molecular weight is 757 g/mol. The SMILES string of the molecule is O=[CH][Ru]([Cl])([Cl])([CH]=O)([PH](c1ccccc1)(c1ccccc1)c1ccccc1)[PH](c1ccccc1)(c1ccccc1)c1ccccc1. The van der Waals surface area contributed by atoms with Gasteiger partial charge in [-0.1, -0.05) is 0 Å². The van der Waals surface area contributed by atoms with Gasteiger partial charge in [0.25, 0.3) is 0 Å². The molecule has 0 heterocycles. The van der Waals surface area contributed by atoms with Crippen molar-refractivity contribution >= 4 is 72.2 Å². The van der Waals surface area contributed by atoms with E-state index in [0.717, 1.165) is 41.6 Å². The van der Waals surface area contributed by atoms with Crippen LogP contribution in [0, 0.1) is 0 Å². The number of benzene rings is 6. The van der Waals surface area contributed by atoms with E-state index in [1.165, 1.54) is 0 Å². The van der Waals surface area contributed by atoms with E-state index in [9.17, 15) is 0 Å². The first-order valence-electron chi connectivity index (χ1n) is 14.5. The zero-order chi connectivity index (χ0) is 31.5. The monoisotopic (exact) mass is 756 g/mol. The predicted molar refractivity (Wildman–Crippen MR) is 198 cm³/mol. The Balaban J connectivity index is 2.05. The first-order chi connectivity index (χ1) is 21.8. The molecule has 0 aliphatic carbocycles. The molecule has 7 heteroatoms. The van der Waals surface area contributed by atoms with Gasteiger partial charge >= 0.3 is 273 Å². The second kappa shape index (κ2) is 11.8. The Bertz CT molecular complexity index is 1600. The van der Waals surface area contributed by atoms with Gasteiger partial charge in [0, 0.05) is 0 Å². The fourth-order valence-electron chi connectivity index (χ4n) is 6.93. The van der Waals surface area contributed by atoms with E-state index < -0.39 is 20.7 Å². The molecule has 0 amide bonds. The second-order valence-corrected chi connectivity index (χ2v) is 59.4. The van der Waals surface area contributed by atoms with E-state index >= 15 is 9.59 Å². The van der Waals surface area contributed by atoms with Gasteiger partial charge in [0.1, 0.15) is 0 Å². The first kappa shape index (κ1) is 31.7. The standard InChI is InChI=1S/2C18H15P.2CHO.2ClH.Ru/c2*1-4-10-16(11-5-1)19(17-12-6-2-7-13-17)18-14-8-3-9-15-18;2*1-2;;;/h2*1-15H;2*1H;2*1H;. The van der Waals surface area contributed by atoms with Gasteiger partial charge in [0.05, 0.1) is 0 Å². The molecule has 0 spiro atoms. The van der Waals surface area contributed by atoms with Crippen LogP contribution in [-0.2, 0) is 19.1 Å². The van der Waals surface area contributed by atoms with Gasteiger partial charge in [-0.25, -0.2) is 0 Å². The minimum atomic E-state index is -7.04. The van der Waals surface area contributed by atoms with E-state index in [2.05, 4.69) is 0 Å². The number of hydrogen-bond acceptors (Lipinski definition) is 2. The molecule has 0 saturated heterocycles. The van der Waals surface area contributed by atoms with Crippen LogP contribution in [0.25, 0.3) is 0 Å². The molecule has 0 saturated carbocycles. The maximum atomic E-state index is 15.1. The number of carbonyl (C=O) groups is 2. The molecule has 0 radical (unpaired) electrons. The van der Waals surface area contributed by atoms with E-state index in [-0.39, 0.29) is 0 Å². The van der Waals surface area contributed by atoms with Gasteiger partial charge in [0.2, 0.25) is 0 Å². The molecule has 0 aliphatic heterocycles. The number of rotatable bonds is 10. The molecule has 0 unspecified atom stereocenters. The Kier molecular flexibility index (Phi) is 8.33. The zero-order valence-electron chi connectivity index (χ0n) is 24.4. The summed E-state index contributed by atoms with van der Waals surface area (Å²) < 4.78 is 0. The Hall–Kier alpha value is -3.28. The number of halogens is 2. The topological polar surface area (TPSA) is 34.1 Å². The van der Waals surface area contributed by atoms with Gasteiger partial charge in [-0.05, 0) is 0 Å². The molecule has 0 fully saturated rings. The van der Waals surface area contributed by atoms with E-state index in [0.29, 0.717) is 0 Å². The third-order valence-electron chi connectivity index (χ3n) is 8.65. The van der Waals surface area contributed by atoms with E-state index in [1.54, 1.807) is 0 Å². The summed E-state index contributed by atoms with van der Waals surface area (Å²) in [4.78, 5) is 31.8. The summed E-state index contributed by atoms with van der Waals surface area (Å²) >= 11 is 0. The second-order valence-electron chi connectivity index (χ2n) is 10.9. The van der Waals surface area contributed by atoms with Gasteiger partial charge in [-0.3, -0.25) is 0 Å². The summed E-state index contributed by atoms with van der Waals surface area (Å²) in [6, 6.07) is 59.0. The molecule has 6 aromatic rings. The number of carbonyl (C=O) groups excluding carboxylic acids is 2. The average Bonchev–Trinajstić information content (AvgIpc) is 3.12. The van der Waals surface area contributed by atoms with Gasteiger partial charge in [0.15, 0.2) is 0 Å². The van der Waals surface area contributed by atoms with Crippen molar-refractivity contribution in [3.63, 3.8) is 0 Å². The predicted octanol–water partition coefficient (Wildman–Crippen LogP) is 7.18. The van der Waals surface area contributed by atoms with Crippen LogP contribution in [-0.4, -0.2) is 9.76 Å². The first-order valence-corrected chi connectivity index (χ1v) is 29.9. The van der Waals surface area contributed by atoms with Crippen molar-refractivity contribution < 1.29 is 19.1 Å². The van der Waals surface area contributed by atoms with Crippen molar-refractivity contribution in [1.29, 1.82) is 0 Å². The van der Waals surface area contributed by atoms with Crippen LogP contribution < -0.4 is 31.8 Å². The van der Waals surface area contributed by atoms with Crippen molar-refractivity contribution in [3.05, 3.63) is 182 Å². The van der Waals surface area contributed by atoms with Crippen molar-refractivity contribution in [1.82, 2.24) is 0 Å². The number of hydrogen-bond donors (Lipinski definition) is 0. The van der Waals surface area contributed by atoms with Crippen molar-refractivity contribution in [2.75, 3.05) is 0 Å². The molecule has 2 nitrogen and oxygen atoms in total. The van der Waals surface area contributed by atoms with Gasteiger partial charge in [-0.15, -0.1) is 0 Å². The van der Waals surface area contributed by atoms with E-state index in [4.69, 9.17) is 19.4 Å².